The van der Waals surface area contributed by atoms with Crippen molar-refractivity contribution < 1.29 is 9.32 Å². The summed E-state index contributed by atoms with van der Waals surface area (Å²) in [6.07, 6.45) is 6.03. The second-order valence-corrected chi connectivity index (χ2v) is 7.68. The lowest BCUT2D eigenvalue weighted by Crippen LogP contribution is -2.46. The van der Waals surface area contributed by atoms with Gasteiger partial charge in [0.1, 0.15) is 0 Å². The minimum Gasteiger partial charge on any atom is -0.360 e. The van der Waals surface area contributed by atoms with Crippen LogP contribution in [0.2, 0.25) is 0 Å². The molecule has 126 valence electrons. The third-order valence-corrected chi connectivity index (χ3v) is 6.20. The van der Waals surface area contributed by atoms with Crippen molar-refractivity contribution in [2.45, 2.75) is 51.6 Å². The molecule has 0 radical (unpaired) electrons. The Morgan fingerprint density at radius 3 is 2.61 bits per heavy atom. The van der Waals surface area contributed by atoms with Crippen LogP contribution < -0.4 is 0 Å². The van der Waals surface area contributed by atoms with Gasteiger partial charge in [-0.25, -0.2) is 0 Å². The number of aryl methyl sites for hydroxylation is 1. The minimum atomic E-state index is 0.365. The normalized spacial score (nSPS) is 31.1. The molecule has 2 heterocycles. The van der Waals surface area contributed by atoms with Gasteiger partial charge >= 0.3 is 0 Å². The highest BCUT2D eigenvalue weighted by Crippen LogP contribution is 2.58. The smallest absolute Gasteiger partial charge is 0.226 e. The van der Waals surface area contributed by atoms with Gasteiger partial charge in [0.15, 0.2) is 5.76 Å². The summed E-state index contributed by atoms with van der Waals surface area (Å²) in [5.41, 5.74) is 0.940. The molecule has 1 aromatic rings. The van der Waals surface area contributed by atoms with Crippen molar-refractivity contribution in [2.24, 2.45) is 17.8 Å². The molecule has 5 heteroatoms. The highest BCUT2D eigenvalue weighted by atomic mass is 16.5. The van der Waals surface area contributed by atoms with E-state index in [4.69, 9.17) is 4.52 Å². The van der Waals surface area contributed by atoms with Gasteiger partial charge in [0.2, 0.25) is 5.91 Å². The van der Waals surface area contributed by atoms with Crippen molar-refractivity contribution in [1.82, 2.24) is 15.0 Å². The molecule has 1 saturated heterocycles. The van der Waals surface area contributed by atoms with E-state index in [0.717, 1.165) is 55.8 Å². The van der Waals surface area contributed by atoms with Crippen LogP contribution in [0, 0.1) is 24.7 Å². The van der Waals surface area contributed by atoms with Crippen LogP contribution in [0.3, 0.4) is 0 Å². The van der Waals surface area contributed by atoms with E-state index in [9.17, 15) is 4.79 Å². The fourth-order valence-corrected chi connectivity index (χ4v) is 4.78. The number of likely N-dealkylation sites (tertiary alicyclic amines) is 1. The fourth-order valence-electron chi connectivity index (χ4n) is 4.78. The highest BCUT2D eigenvalue weighted by Gasteiger charge is 2.57. The van der Waals surface area contributed by atoms with E-state index in [0.29, 0.717) is 17.9 Å². The van der Waals surface area contributed by atoms with Gasteiger partial charge in [0, 0.05) is 38.2 Å². The molecule has 0 bridgehead atoms. The Hall–Kier alpha value is -1.36. The van der Waals surface area contributed by atoms with E-state index < -0.39 is 0 Å². The molecule has 5 nitrogen and oxygen atoms in total. The number of piperidine rings is 1. The molecule has 2 aliphatic carbocycles. The van der Waals surface area contributed by atoms with Crippen molar-refractivity contribution in [3.8, 4) is 0 Å². The van der Waals surface area contributed by atoms with Crippen molar-refractivity contribution in [3.05, 3.63) is 17.5 Å². The molecule has 3 aliphatic rings. The van der Waals surface area contributed by atoms with Crippen LogP contribution in [-0.2, 0) is 11.3 Å². The number of aromatic nitrogens is 1. The lowest BCUT2D eigenvalue weighted by atomic mass is 10.0. The Bertz CT molecular complexity index is 567. The first-order valence-corrected chi connectivity index (χ1v) is 9.04. The van der Waals surface area contributed by atoms with Gasteiger partial charge in [0.05, 0.1) is 12.2 Å². The Morgan fingerprint density at radius 2 is 2.00 bits per heavy atom. The van der Waals surface area contributed by atoms with Gasteiger partial charge in [-0.15, -0.1) is 0 Å². The summed E-state index contributed by atoms with van der Waals surface area (Å²) in [7, 11) is 2.02. The first kappa shape index (κ1) is 15.2. The van der Waals surface area contributed by atoms with Gasteiger partial charge in [0.25, 0.3) is 0 Å². The molecule has 0 spiro atoms. The van der Waals surface area contributed by atoms with E-state index in [1.165, 1.54) is 19.3 Å². The SMILES string of the molecule is Cc1cc(CN2CCC(N(C)C(=O)C3[C@H]4CCC[C@H]34)CC2)on1. The molecule has 1 aliphatic heterocycles. The number of amides is 1. The van der Waals surface area contributed by atoms with Gasteiger partial charge < -0.3 is 9.42 Å². The predicted molar refractivity (Wildman–Crippen MR) is 86.6 cm³/mol. The highest BCUT2D eigenvalue weighted by molar-refractivity contribution is 5.82. The quantitative estimate of drug-likeness (QED) is 0.856. The van der Waals surface area contributed by atoms with Gasteiger partial charge in [-0.1, -0.05) is 11.6 Å². The summed E-state index contributed by atoms with van der Waals surface area (Å²) in [6, 6.07) is 2.42. The zero-order valence-corrected chi connectivity index (χ0v) is 14.2. The standard InChI is InChI=1S/C18H27N3O2/c1-12-10-14(23-19-12)11-21-8-6-13(7-9-21)20(2)18(22)17-15-4-3-5-16(15)17/h10,13,15-17H,3-9,11H2,1-2H3/t15-,16-/m0/s1. The fraction of sp³-hybridized carbons (Fsp3) is 0.778. The largest absolute Gasteiger partial charge is 0.360 e. The maximum Gasteiger partial charge on any atom is 0.226 e. The topological polar surface area (TPSA) is 49.6 Å². The van der Waals surface area contributed by atoms with Crippen molar-refractivity contribution >= 4 is 5.91 Å². The minimum absolute atomic E-state index is 0.365. The van der Waals surface area contributed by atoms with E-state index >= 15 is 0 Å². The molecule has 1 aromatic heterocycles. The van der Waals surface area contributed by atoms with Gasteiger partial charge in [-0.05, 0) is 44.4 Å². The van der Waals surface area contributed by atoms with Crippen molar-refractivity contribution in [1.29, 1.82) is 0 Å². The average molecular weight is 317 g/mol. The van der Waals surface area contributed by atoms with Crippen LogP contribution in [-0.4, -0.2) is 47.0 Å². The molecule has 0 N–H and O–H groups in total. The summed E-state index contributed by atoms with van der Waals surface area (Å²) in [4.78, 5) is 17.2. The third-order valence-electron chi connectivity index (χ3n) is 6.20. The average Bonchev–Trinajstić information content (AvgIpc) is 2.89. The second kappa shape index (κ2) is 5.93. The molecule has 23 heavy (non-hydrogen) atoms. The van der Waals surface area contributed by atoms with Crippen molar-refractivity contribution in [2.75, 3.05) is 20.1 Å². The summed E-state index contributed by atoms with van der Waals surface area (Å²) in [5.74, 6) is 3.17. The number of rotatable bonds is 4. The number of hydrogen-bond acceptors (Lipinski definition) is 4. The lowest BCUT2D eigenvalue weighted by Gasteiger charge is -2.36. The Morgan fingerprint density at radius 1 is 1.30 bits per heavy atom. The maximum atomic E-state index is 12.7. The molecule has 2 saturated carbocycles. The third kappa shape index (κ3) is 2.91. The van der Waals surface area contributed by atoms with Gasteiger partial charge in [-0.2, -0.15) is 0 Å². The first-order chi connectivity index (χ1) is 11.1. The van der Waals surface area contributed by atoms with E-state index in [2.05, 4.69) is 15.0 Å². The van der Waals surface area contributed by atoms with E-state index in [1.807, 2.05) is 20.0 Å². The molecule has 0 aromatic carbocycles. The monoisotopic (exact) mass is 317 g/mol. The van der Waals surface area contributed by atoms with Crippen molar-refractivity contribution in [3.63, 3.8) is 0 Å². The van der Waals surface area contributed by atoms with Gasteiger partial charge in [-0.3, -0.25) is 9.69 Å². The number of carbonyl (C=O) groups is 1. The maximum absolute atomic E-state index is 12.7. The number of nitrogens with zero attached hydrogens (tertiary/aromatic N) is 3. The van der Waals surface area contributed by atoms with Crippen LogP contribution in [0.4, 0.5) is 0 Å². The number of fused-ring (bicyclic) bond motifs is 1. The molecule has 2 atom stereocenters. The van der Waals surface area contributed by atoms with Crippen LogP contribution in [0.1, 0.15) is 43.6 Å². The van der Waals surface area contributed by atoms with E-state index in [1.54, 1.807) is 0 Å². The van der Waals surface area contributed by atoms with E-state index in [-0.39, 0.29) is 0 Å². The lowest BCUT2D eigenvalue weighted by molar-refractivity contribution is -0.135. The molecule has 0 unspecified atom stereocenters. The Balaban J connectivity index is 1.26. The second-order valence-electron chi connectivity index (χ2n) is 7.68. The molecule has 1 amide bonds. The molecular formula is C18H27N3O2. The molecule has 3 fully saturated rings. The Kier molecular flexibility index (Phi) is 3.92. The predicted octanol–water partition coefficient (Wildman–Crippen LogP) is 2.45. The number of hydrogen-bond donors (Lipinski definition) is 0. The summed E-state index contributed by atoms with van der Waals surface area (Å²) >= 11 is 0. The summed E-state index contributed by atoms with van der Waals surface area (Å²) < 4.78 is 5.31. The molecular weight excluding hydrogens is 290 g/mol. The number of carbonyl (C=O) groups excluding carboxylic acids is 1. The zero-order valence-electron chi connectivity index (χ0n) is 14.2. The zero-order chi connectivity index (χ0) is 16.0. The van der Waals surface area contributed by atoms with Crippen LogP contribution >= 0.6 is 0 Å². The Labute approximate surface area is 138 Å². The van der Waals surface area contributed by atoms with Crippen LogP contribution in [0.5, 0.6) is 0 Å². The summed E-state index contributed by atoms with van der Waals surface area (Å²) in [5, 5.41) is 3.95. The van der Waals surface area contributed by atoms with Crippen LogP contribution in [0.25, 0.3) is 0 Å². The summed E-state index contributed by atoms with van der Waals surface area (Å²) in [6.45, 7) is 4.84. The first-order valence-electron chi connectivity index (χ1n) is 9.04. The van der Waals surface area contributed by atoms with Crippen LogP contribution in [0.15, 0.2) is 10.6 Å². The molecule has 4 rings (SSSR count).